The van der Waals surface area contributed by atoms with Gasteiger partial charge in [0.05, 0.1) is 11.9 Å². The molecule has 1 aromatic carbocycles. The van der Waals surface area contributed by atoms with E-state index in [0.29, 0.717) is 6.54 Å². The molecule has 0 bridgehead atoms. The Morgan fingerprint density at radius 1 is 1.07 bits per heavy atom. The zero-order valence-corrected chi connectivity index (χ0v) is 16.1. The molecule has 2 heterocycles. The van der Waals surface area contributed by atoms with E-state index in [9.17, 15) is 9.59 Å². The van der Waals surface area contributed by atoms with E-state index in [1.165, 1.54) is 0 Å². The molecular formula is C21H23N5O2. The van der Waals surface area contributed by atoms with Crippen LogP contribution in [-0.2, 0) is 6.54 Å². The molecular weight excluding hydrogens is 354 g/mol. The minimum absolute atomic E-state index is 0.00304. The lowest BCUT2D eigenvalue weighted by atomic mass is 10.2. The van der Waals surface area contributed by atoms with Crippen molar-refractivity contribution in [1.82, 2.24) is 25.4 Å². The standard InChI is InChI=1S/C21H23N5O2/c1-14(2)24-21(28)19-9-5-8-18(25-19)20(27)22-11-16-12-23-26(13-16)17-7-4-6-15(3)10-17/h4-10,12-14H,11H2,1-3H3,(H,22,27)(H,24,28). The maximum Gasteiger partial charge on any atom is 0.270 e. The molecule has 3 rings (SSSR count). The van der Waals surface area contributed by atoms with Crippen molar-refractivity contribution in [2.45, 2.75) is 33.4 Å². The van der Waals surface area contributed by atoms with Crippen LogP contribution in [0.25, 0.3) is 5.69 Å². The summed E-state index contributed by atoms with van der Waals surface area (Å²) in [6.45, 7) is 6.07. The first-order valence-electron chi connectivity index (χ1n) is 9.09. The van der Waals surface area contributed by atoms with E-state index in [2.05, 4.69) is 20.7 Å². The molecule has 0 radical (unpaired) electrons. The molecule has 28 heavy (non-hydrogen) atoms. The molecule has 0 saturated carbocycles. The van der Waals surface area contributed by atoms with Crippen molar-refractivity contribution >= 4 is 11.8 Å². The smallest absolute Gasteiger partial charge is 0.270 e. The van der Waals surface area contributed by atoms with Crippen LogP contribution in [0.1, 0.15) is 46.0 Å². The van der Waals surface area contributed by atoms with Gasteiger partial charge in [-0.3, -0.25) is 9.59 Å². The van der Waals surface area contributed by atoms with Crippen molar-refractivity contribution < 1.29 is 9.59 Å². The van der Waals surface area contributed by atoms with E-state index in [4.69, 9.17) is 0 Å². The first-order valence-corrected chi connectivity index (χ1v) is 9.09. The zero-order chi connectivity index (χ0) is 20.1. The highest BCUT2D eigenvalue weighted by molar-refractivity contribution is 5.96. The predicted molar refractivity (Wildman–Crippen MR) is 106 cm³/mol. The van der Waals surface area contributed by atoms with Gasteiger partial charge >= 0.3 is 0 Å². The summed E-state index contributed by atoms with van der Waals surface area (Å²) in [4.78, 5) is 28.6. The van der Waals surface area contributed by atoms with Crippen LogP contribution in [0.15, 0.2) is 54.9 Å². The van der Waals surface area contributed by atoms with Crippen LogP contribution < -0.4 is 10.6 Å². The van der Waals surface area contributed by atoms with Gasteiger partial charge in [-0.15, -0.1) is 0 Å². The number of benzene rings is 1. The molecule has 2 N–H and O–H groups in total. The lowest BCUT2D eigenvalue weighted by Gasteiger charge is -2.08. The highest BCUT2D eigenvalue weighted by atomic mass is 16.2. The second-order valence-corrected chi connectivity index (χ2v) is 6.85. The molecule has 0 unspecified atom stereocenters. The fourth-order valence-electron chi connectivity index (χ4n) is 2.66. The third kappa shape index (κ3) is 4.82. The van der Waals surface area contributed by atoms with E-state index >= 15 is 0 Å². The van der Waals surface area contributed by atoms with Crippen LogP contribution >= 0.6 is 0 Å². The van der Waals surface area contributed by atoms with E-state index in [1.54, 1.807) is 29.1 Å². The van der Waals surface area contributed by atoms with Crippen molar-refractivity contribution in [2.24, 2.45) is 0 Å². The molecule has 0 aliphatic heterocycles. The molecule has 0 aliphatic carbocycles. The van der Waals surface area contributed by atoms with Gasteiger partial charge in [0.2, 0.25) is 0 Å². The first-order chi connectivity index (χ1) is 13.4. The SMILES string of the molecule is Cc1cccc(-n2cc(CNC(=O)c3cccc(C(=O)NC(C)C)n3)cn2)c1. The van der Waals surface area contributed by atoms with Crippen molar-refractivity contribution in [3.8, 4) is 5.69 Å². The topological polar surface area (TPSA) is 88.9 Å². The lowest BCUT2D eigenvalue weighted by molar-refractivity contribution is 0.0936. The first kappa shape index (κ1) is 19.3. The van der Waals surface area contributed by atoms with Gasteiger partial charge in [-0.1, -0.05) is 18.2 Å². The summed E-state index contributed by atoms with van der Waals surface area (Å²) < 4.78 is 1.77. The van der Waals surface area contributed by atoms with Gasteiger partial charge in [0.15, 0.2) is 0 Å². The lowest BCUT2D eigenvalue weighted by Crippen LogP contribution is -2.31. The Morgan fingerprint density at radius 2 is 1.79 bits per heavy atom. The third-order valence-electron chi connectivity index (χ3n) is 3.99. The molecule has 7 nitrogen and oxygen atoms in total. The fourth-order valence-corrected chi connectivity index (χ4v) is 2.66. The second-order valence-electron chi connectivity index (χ2n) is 6.85. The molecule has 7 heteroatoms. The molecule has 3 aromatic rings. The van der Waals surface area contributed by atoms with E-state index in [1.807, 2.05) is 51.2 Å². The molecule has 2 aromatic heterocycles. The number of rotatable bonds is 6. The van der Waals surface area contributed by atoms with E-state index in [0.717, 1.165) is 16.8 Å². The number of pyridine rings is 1. The van der Waals surface area contributed by atoms with E-state index < -0.39 is 0 Å². The Bertz CT molecular complexity index is 994. The number of nitrogens with zero attached hydrogens (tertiary/aromatic N) is 3. The molecule has 0 aliphatic rings. The van der Waals surface area contributed by atoms with Gasteiger partial charge in [-0.05, 0) is 50.6 Å². The number of nitrogens with one attached hydrogen (secondary N) is 2. The minimum atomic E-state index is -0.345. The largest absolute Gasteiger partial charge is 0.349 e. The van der Waals surface area contributed by atoms with Crippen molar-refractivity contribution in [3.05, 3.63) is 77.4 Å². The number of hydrogen-bond acceptors (Lipinski definition) is 4. The Balaban J connectivity index is 1.64. The van der Waals surface area contributed by atoms with Crippen LogP contribution in [0, 0.1) is 6.92 Å². The van der Waals surface area contributed by atoms with E-state index in [-0.39, 0.29) is 29.2 Å². The molecule has 144 valence electrons. The Labute approximate surface area is 163 Å². The second kappa shape index (κ2) is 8.47. The van der Waals surface area contributed by atoms with Crippen LogP contribution in [0.2, 0.25) is 0 Å². The third-order valence-corrected chi connectivity index (χ3v) is 3.99. The number of amides is 2. The van der Waals surface area contributed by atoms with Gasteiger partial charge in [-0.2, -0.15) is 5.10 Å². The van der Waals surface area contributed by atoms with Crippen molar-refractivity contribution in [1.29, 1.82) is 0 Å². The number of carbonyl (C=O) groups excluding carboxylic acids is 2. The molecule has 0 spiro atoms. The molecule has 0 atom stereocenters. The Morgan fingerprint density at radius 3 is 2.50 bits per heavy atom. The minimum Gasteiger partial charge on any atom is -0.349 e. The van der Waals surface area contributed by atoms with Gasteiger partial charge in [-0.25, -0.2) is 9.67 Å². The summed E-state index contributed by atoms with van der Waals surface area (Å²) in [5, 5.41) is 9.91. The van der Waals surface area contributed by atoms with Gasteiger partial charge in [0.25, 0.3) is 11.8 Å². The van der Waals surface area contributed by atoms with Gasteiger partial charge in [0, 0.05) is 24.3 Å². The summed E-state index contributed by atoms with van der Waals surface area (Å²) >= 11 is 0. The van der Waals surface area contributed by atoms with Crippen LogP contribution in [0.5, 0.6) is 0 Å². The maximum absolute atomic E-state index is 12.4. The van der Waals surface area contributed by atoms with Crippen LogP contribution in [0.4, 0.5) is 0 Å². The van der Waals surface area contributed by atoms with Crippen molar-refractivity contribution in [2.75, 3.05) is 0 Å². The summed E-state index contributed by atoms with van der Waals surface area (Å²) in [5.41, 5.74) is 3.39. The highest BCUT2D eigenvalue weighted by Gasteiger charge is 2.13. The Kier molecular flexibility index (Phi) is 5.84. The van der Waals surface area contributed by atoms with Crippen LogP contribution in [0.3, 0.4) is 0 Å². The molecule has 0 saturated heterocycles. The summed E-state index contributed by atoms with van der Waals surface area (Å²) in [6.07, 6.45) is 3.58. The van der Waals surface area contributed by atoms with Gasteiger partial charge in [0.1, 0.15) is 11.4 Å². The average Bonchev–Trinajstić information content (AvgIpc) is 3.15. The highest BCUT2D eigenvalue weighted by Crippen LogP contribution is 2.10. The molecule has 0 fully saturated rings. The summed E-state index contributed by atoms with van der Waals surface area (Å²) in [5.74, 6) is -0.647. The zero-order valence-electron chi connectivity index (χ0n) is 16.1. The monoisotopic (exact) mass is 377 g/mol. The number of hydrogen-bond donors (Lipinski definition) is 2. The predicted octanol–water partition coefficient (Wildman–Crippen LogP) is 2.64. The summed E-state index contributed by atoms with van der Waals surface area (Å²) in [7, 11) is 0. The number of carbonyl (C=O) groups is 2. The number of aromatic nitrogens is 3. The normalized spacial score (nSPS) is 10.7. The number of aryl methyl sites for hydroxylation is 1. The average molecular weight is 377 g/mol. The quantitative estimate of drug-likeness (QED) is 0.691. The Hall–Kier alpha value is -3.48. The molecule has 2 amide bonds. The van der Waals surface area contributed by atoms with Crippen LogP contribution in [-0.4, -0.2) is 32.6 Å². The van der Waals surface area contributed by atoms with Crippen molar-refractivity contribution in [3.63, 3.8) is 0 Å². The van der Waals surface area contributed by atoms with Gasteiger partial charge < -0.3 is 10.6 Å². The maximum atomic E-state index is 12.4. The summed E-state index contributed by atoms with van der Waals surface area (Å²) in [6, 6.07) is 12.8. The fraction of sp³-hybridized carbons (Fsp3) is 0.238.